The Morgan fingerprint density at radius 1 is 0.432 bits per heavy atom. The van der Waals surface area contributed by atoms with Gasteiger partial charge >= 0.3 is 0 Å². The molecule has 3 heterocycles. The highest BCUT2D eigenvalue weighted by molar-refractivity contribution is 7.26. The Morgan fingerprint density at radius 3 is 1.84 bits per heavy atom. The van der Waals surface area contributed by atoms with Crippen LogP contribution >= 0.6 is 22.7 Å². The minimum absolute atomic E-state index is 0.0230. The number of thiophene rings is 2. The van der Waals surface area contributed by atoms with Crippen molar-refractivity contribution in [1.82, 2.24) is 15.0 Å². The lowest BCUT2D eigenvalue weighted by atomic mass is 10.00. The van der Waals surface area contributed by atoms with Crippen molar-refractivity contribution < 1.29 is 6.85 Å². The summed E-state index contributed by atoms with van der Waals surface area (Å²) in [6, 6.07) is 35.1. The average Bonchev–Trinajstić information content (AvgIpc) is 3.71. The van der Waals surface area contributed by atoms with Crippen molar-refractivity contribution in [3.8, 4) is 45.3 Å². The third-order valence-electron chi connectivity index (χ3n) is 7.83. The largest absolute Gasteiger partial charge is 0.208 e. The average molecular weight is 603 g/mol. The lowest BCUT2D eigenvalue weighted by molar-refractivity contribution is 1.07. The second-order valence-electron chi connectivity index (χ2n) is 10.5. The smallest absolute Gasteiger partial charge is 0.164 e. The maximum Gasteiger partial charge on any atom is 0.164 e. The number of benzene rings is 6. The highest BCUT2D eigenvalue weighted by Gasteiger charge is 2.15. The highest BCUT2D eigenvalue weighted by atomic mass is 32.1. The first-order chi connectivity index (χ1) is 23.9. The lowest BCUT2D eigenvalue weighted by Gasteiger charge is -2.08. The zero-order valence-electron chi connectivity index (χ0n) is 28.1. The van der Waals surface area contributed by atoms with E-state index in [2.05, 4.69) is 77.8 Å². The molecule has 9 aromatic rings. The van der Waals surface area contributed by atoms with Crippen molar-refractivity contribution in [2.24, 2.45) is 0 Å². The van der Waals surface area contributed by atoms with Gasteiger partial charge in [-0.05, 0) is 47.5 Å². The third kappa shape index (κ3) is 4.21. The van der Waals surface area contributed by atoms with E-state index in [1.807, 2.05) is 47.7 Å². The van der Waals surface area contributed by atoms with Crippen LogP contribution in [-0.2, 0) is 0 Å². The molecule has 5 heteroatoms. The van der Waals surface area contributed by atoms with Crippen molar-refractivity contribution in [2.45, 2.75) is 0 Å². The van der Waals surface area contributed by atoms with Gasteiger partial charge in [0.2, 0.25) is 0 Å². The molecule has 3 aromatic heterocycles. The topological polar surface area (TPSA) is 38.7 Å². The van der Waals surface area contributed by atoms with Crippen molar-refractivity contribution in [1.29, 1.82) is 0 Å². The van der Waals surface area contributed by atoms with Crippen LogP contribution < -0.4 is 0 Å². The fourth-order valence-electron chi connectivity index (χ4n) is 5.75. The first kappa shape index (κ1) is 20.6. The van der Waals surface area contributed by atoms with E-state index in [1.54, 1.807) is 11.3 Å². The van der Waals surface area contributed by atoms with E-state index >= 15 is 0 Å². The van der Waals surface area contributed by atoms with Crippen LogP contribution in [0.3, 0.4) is 0 Å². The summed E-state index contributed by atoms with van der Waals surface area (Å²) in [5.41, 5.74) is 3.74. The van der Waals surface area contributed by atoms with E-state index in [-0.39, 0.29) is 23.5 Å². The zero-order valence-corrected chi connectivity index (χ0v) is 24.7. The van der Waals surface area contributed by atoms with E-state index in [1.165, 1.54) is 30.4 Å². The van der Waals surface area contributed by atoms with Gasteiger partial charge in [0.15, 0.2) is 17.5 Å². The number of hydrogen-bond donors (Lipinski definition) is 0. The molecule has 44 heavy (non-hydrogen) atoms. The van der Waals surface area contributed by atoms with Gasteiger partial charge in [-0.2, -0.15) is 0 Å². The monoisotopic (exact) mass is 602 g/mol. The molecule has 0 aliphatic carbocycles. The van der Waals surface area contributed by atoms with Gasteiger partial charge in [0.25, 0.3) is 0 Å². The Kier molecular flexibility index (Phi) is 4.78. The van der Waals surface area contributed by atoms with Gasteiger partial charge in [-0.25, -0.2) is 15.0 Å². The molecule has 0 radical (unpaired) electrons. The van der Waals surface area contributed by atoms with Crippen LogP contribution in [0.25, 0.3) is 85.6 Å². The van der Waals surface area contributed by atoms with Crippen LogP contribution in [0.15, 0.2) is 139 Å². The van der Waals surface area contributed by atoms with Gasteiger partial charge in [0, 0.05) is 57.0 Å². The molecule has 0 aliphatic rings. The number of fused-ring (bicyclic) bond motifs is 6. The standard InChI is InChI=1S/C39H23N3S2/c1-3-10-24(11-4-1)37-40-38(25-12-5-2-6-13-25)42-39(41-37)27-19-21-35-32(23-27)31-22-26(18-20-34(31)43-35)28-15-9-16-30-29-14-7-8-17-33(29)44-36(28)30/h1-23H/i1D,3D,4D,10D,11D. The molecule has 206 valence electrons. The van der Waals surface area contributed by atoms with Crippen LogP contribution in [0.4, 0.5) is 0 Å². The van der Waals surface area contributed by atoms with Crippen LogP contribution in [0.2, 0.25) is 0 Å². The fourth-order valence-corrected chi connectivity index (χ4v) is 8.06. The van der Waals surface area contributed by atoms with Crippen LogP contribution in [0.1, 0.15) is 6.85 Å². The molecule has 0 saturated carbocycles. The Hall–Kier alpha value is -5.23. The molecule has 9 rings (SSSR count). The predicted molar refractivity (Wildman–Crippen MR) is 187 cm³/mol. The number of aromatic nitrogens is 3. The molecule has 6 aromatic carbocycles. The summed E-state index contributed by atoms with van der Waals surface area (Å²) in [6.45, 7) is 0. The normalized spacial score (nSPS) is 13.2. The maximum atomic E-state index is 8.60. The van der Waals surface area contributed by atoms with E-state index in [0.29, 0.717) is 11.6 Å². The molecule has 0 N–H and O–H groups in total. The lowest BCUT2D eigenvalue weighted by Crippen LogP contribution is -2.00. The van der Waals surface area contributed by atoms with E-state index < -0.39 is 18.1 Å². The zero-order chi connectivity index (χ0) is 33.4. The second-order valence-corrected chi connectivity index (χ2v) is 12.6. The summed E-state index contributed by atoms with van der Waals surface area (Å²) in [7, 11) is 0. The SMILES string of the molecule is [2H]c1c([2H])c([2H])c(-c2nc(-c3ccccc3)nc(-c3ccc4sc5ccc(-c6cccc7c6sc6ccccc67)cc5c4c3)n2)c([2H])c1[2H]. The molecule has 0 bridgehead atoms. The molecular formula is C39H23N3S2. The van der Waals surface area contributed by atoms with Crippen LogP contribution in [0, 0.1) is 0 Å². The Balaban J connectivity index is 1.24. The van der Waals surface area contributed by atoms with E-state index in [9.17, 15) is 0 Å². The van der Waals surface area contributed by atoms with Crippen molar-refractivity contribution >= 4 is 63.0 Å². The van der Waals surface area contributed by atoms with Crippen molar-refractivity contribution in [3.63, 3.8) is 0 Å². The highest BCUT2D eigenvalue weighted by Crippen LogP contribution is 2.43. The quantitative estimate of drug-likeness (QED) is 0.201. The molecular weight excluding hydrogens is 575 g/mol. The molecule has 0 fully saturated rings. The van der Waals surface area contributed by atoms with Crippen LogP contribution in [-0.4, -0.2) is 15.0 Å². The van der Waals surface area contributed by atoms with Crippen molar-refractivity contribution in [3.05, 3.63) is 139 Å². The number of rotatable bonds is 4. The second kappa shape index (κ2) is 10.2. The van der Waals surface area contributed by atoms with Gasteiger partial charge in [-0.1, -0.05) is 103 Å². The first-order valence-corrected chi connectivity index (χ1v) is 15.7. The summed E-state index contributed by atoms with van der Waals surface area (Å²) >= 11 is 3.54. The molecule has 0 amide bonds. The van der Waals surface area contributed by atoms with Gasteiger partial charge in [-0.3, -0.25) is 0 Å². The summed E-state index contributed by atoms with van der Waals surface area (Å²) < 4.78 is 46.6. The minimum Gasteiger partial charge on any atom is -0.208 e. The molecule has 0 aliphatic heterocycles. The summed E-state index contributed by atoms with van der Waals surface area (Å²) in [4.78, 5) is 14.2. The van der Waals surface area contributed by atoms with Gasteiger partial charge < -0.3 is 0 Å². The Morgan fingerprint density at radius 2 is 1.05 bits per heavy atom. The Bertz CT molecular complexity index is 2760. The van der Waals surface area contributed by atoms with Crippen LogP contribution in [0.5, 0.6) is 0 Å². The summed E-state index contributed by atoms with van der Waals surface area (Å²) in [6.07, 6.45) is 0. The summed E-state index contributed by atoms with van der Waals surface area (Å²) in [5, 5.41) is 4.72. The van der Waals surface area contributed by atoms with E-state index in [4.69, 9.17) is 16.8 Å². The molecule has 0 unspecified atom stereocenters. The molecule has 3 nitrogen and oxygen atoms in total. The van der Waals surface area contributed by atoms with Gasteiger partial charge in [0.1, 0.15) is 0 Å². The maximum absolute atomic E-state index is 8.60. The first-order valence-electron chi connectivity index (χ1n) is 16.6. The van der Waals surface area contributed by atoms with Gasteiger partial charge in [0.05, 0.1) is 6.85 Å². The Labute approximate surface area is 268 Å². The molecule has 0 spiro atoms. The number of nitrogens with zero attached hydrogens (tertiary/aromatic N) is 3. The minimum atomic E-state index is -0.464. The molecule has 0 atom stereocenters. The number of hydrogen-bond acceptors (Lipinski definition) is 5. The van der Waals surface area contributed by atoms with Gasteiger partial charge in [-0.15, -0.1) is 22.7 Å². The van der Waals surface area contributed by atoms with Crippen molar-refractivity contribution in [2.75, 3.05) is 0 Å². The fraction of sp³-hybridized carbons (Fsp3) is 0. The third-order valence-corrected chi connectivity index (χ3v) is 10.2. The predicted octanol–water partition coefficient (Wildman–Crippen LogP) is 11.3. The van der Waals surface area contributed by atoms with E-state index in [0.717, 1.165) is 32.2 Å². The summed E-state index contributed by atoms with van der Waals surface area (Å²) in [5.74, 6) is 0.722. The molecule has 0 saturated heterocycles.